The minimum Gasteiger partial charge on any atom is -0.493 e. The van der Waals surface area contributed by atoms with Gasteiger partial charge in [0, 0.05) is 23.6 Å². The van der Waals surface area contributed by atoms with E-state index in [0.717, 1.165) is 0 Å². The van der Waals surface area contributed by atoms with Gasteiger partial charge in [0.25, 0.3) is 0 Å². The summed E-state index contributed by atoms with van der Waals surface area (Å²) in [7, 11) is 4.56. The van der Waals surface area contributed by atoms with Gasteiger partial charge in [0.15, 0.2) is 11.5 Å². The zero-order valence-electron chi connectivity index (χ0n) is 12.2. The Bertz CT molecular complexity index is 606. The van der Waals surface area contributed by atoms with Crippen molar-refractivity contribution in [3.05, 3.63) is 41.7 Å². The van der Waals surface area contributed by atoms with E-state index in [4.69, 9.17) is 19.9 Å². The van der Waals surface area contributed by atoms with Crippen LogP contribution in [-0.2, 0) is 0 Å². The van der Waals surface area contributed by atoms with E-state index in [1.165, 1.54) is 27.5 Å². The standard InChI is InChI=1S/C15H18N2O4/c1-19-12-6-9(7-13(20-2)15(12)21-3)14(18)10-8-17-5-4-11(10)16/h4-8,14,18H,1-3H3,(H2,16,17). The maximum atomic E-state index is 10.5. The molecule has 0 aliphatic rings. The number of pyridine rings is 1. The van der Waals surface area contributed by atoms with Gasteiger partial charge in [-0.2, -0.15) is 0 Å². The van der Waals surface area contributed by atoms with E-state index >= 15 is 0 Å². The summed E-state index contributed by atoms with van der Waals surface area (Å²) >= 11 is 0. The fourth-order valence-corrected chi connectivity index (χ4v) is 2.08. The fraction of sp³-hybridized carbons (Fsp3) is 0.267. The third kappa shape index (κ3) is 2.85. The van der Waals surface area contributed by atoms with E-state index in [0.29, 0.717) is 34.1 Å². The van der Waals surface area contributed by atoms with Crippen LogP contribution in [0.25, 0.3) is 0 Å². The number of methoxy groups -OCH3 is 3. The number of aliphatic hydroxyl groups excluding tert-OH is 1. The predicted octanol–water partition coefficient (Wildman–Crippen LogP) is 1.77. The molecule has 1 atom stereocenters. The first-order valence-corrected chi connectivity index (χ1v) is 6.29. The highest BCUT2D eigenvalue weighted by atomic mass is 16.5. The van der Waals surface area contributed by atoms with Gasteiger partial charge in [-0.3, -0.25) is 4.98 Å². The number of ether oxygens (including phenoxy) is 3. The van der Waals surface area contributed by atoms with Crippen LogP contribution in [0.3, 0.4) is 0 Å². The Labute approximate surface area is 123 Å². The number of nitrogens with two attached hydrogens (primary N) is 1. The molecule has 2 aromatic rings. The summed E-state index contributed by atoms with van der Waals surface area (Å²) in [5, 5.41) is 10.5. The van der Waals surface area contributed by atoms with Crippen molar-refractivity contribution in [1.29, 1.82) is 0 Å². The van der Waals surface area contributed by atoms with Gasteiger partial charge in [-0.05, 0) is 23.8 Å². The molecule has 21 heavy (non-hydrogen) atoms. The largest absolute Gasteiger partial charge is 0.493 e. The molecule has 1 unspecified atom stereocenters. The van der Waals surface area contributed by atoms with Gasteiger partial charge >= 0.3 is 0 Å². The summed E-state index contributed by atoms with van der Waals surface area (Å²) in [4.78, 5) is 3.98. The number of anilines is 1. The van der Waals surface area contributed by atoms with Crippen LogP contribution in [0.2, 0.25) is 0 Å². The van der Waals surface area contributed by atoms with Gasteiger partial charge in [-0.1, -0.05) is 0 Å². The second kappa shape index (κ2) is 6.32. The highest BCUT2D eigenvalue weighted by Gasteiger charge is 2.20. The van der Waals surface area contributed by atoms with E-state index in [9.17, 15) is 5.11 Å². The molecule has 0 aliphatic heterocycles. The van der Waals surface area contributed by atoms with Gasteiger partial charge in [0.05, 0.1) is 21.3 Å². The monoisotopic (exact) mass is 290 g/mol. The third-order valence-electron chi connectivity index (χ3n) is 3.18. The predicted molar refractivity (Wildman–Crippen MR) is 78.8 cm³/mol. The zero-order chi connectivity index (χ0) is 15.4. The molecule has 0 saturated carbocycles. The second-order valence-electron chi connectivity index (χ2n) is 4.37. The molecule has 6 nitrogen and oxygen atoms in total. The number of aliphatic hydroxyl groups is 1. The molecule has 112 valence electrons. The summed E-state index contributed by atoms with van der Waals surface area (Å²) in [5.74, 6) is 1.40. The maximum Gasteiger partial charge on any atom is 0.203 e. The van der Waals surface area contributed by atoms with Gasteiger partial charge in [-0.15, -0.1) is 0 Å². The summed E-state index contributed by atoms with van der Waals surface area (Å²) in [5.41, 5.74) is 7.43. The van der Waals surface area contributed by atoms with Crippen LogP contribution < -0.4 is 19.9 Å². The van der Waals surface area contributed by atoms with Crippen LogP contribution >= 0.6 is 0 Å². The highest BCUT2D eigenvalue weighted by Crippen LogP contribution is 2.41. The minimum absolute atomic E-state index is 0.464. The van der Waals surface area contributed by atoms with Crippen molar-refractivity contribution in [2.45, 2.75) is 6.10 Å². The quantitative estimate of drug-likeness (QED) is 0.872. The lowest BCUT2D eigenvalue weighted by Gasteiger charge is -2.18. The topological polar surface area (TPSA) is 86.8 Å². The molecule has 0 fully saturated rings. The van der Waals surface area contributed by atoms with Crippen molar-refractivity contribution in [3.8, 4) is 17.2 Å². The smallest absolute Gasteiger partial charge is 0.203 e. The average molecular weight is 290 g/mol. The molecule has 0 aliphatic carbocycles. The van der Waals surface area contributed by atoms with Gasteiger partial charge in [-0.25, -0.2) is 0 Å². The Kier molecular flexibility index (Phi) is 4.49. The summed E-state index contributed by atoms with van der Waals surface area (Å²) in [6, 6.07) is 4.99. The molecule has 0 spiro atoms. The van der Waals surface area contributed by atoms with E-state index < -0.39 is 6.10 Å². The normalized spacial score (nSPS) is 11.8. The molecule has 0 radical (unpaired) electrons. The van der Waals surface area contributed by atoms with Crippen molar-refractivity contribution in [2.75, 3.05) is 27.1 Å². The molecule has 1 aromatic heterocycles. The van der Waals surface area contributed by atoms with Crippen molar-refractivity contribution >= 4 is 5.69 Å². The van der Waals surface area contributed by atoms with Crippen LogP contribution in [0.5, 0.6) is 17.2 Å². The summed E-state index contributed by atoms with van der Waals surface area (Å²) < 4.78 is 15.8. The third-order valence-corrected chi connectivity index (χ3v) is 3.18. The molecular weight excluding hydrogens is 272 g/mol. The van der Waals surface area contributed by atoms with Crippen LogP contribution in [0.4, 0.5) is 5.69 Å². The van der Waals surface area contributed by atoms with Crippen LogP contribution in [0.1, 0.15) is 17.2 Å². The Morgan fingerprint density at radius 1 is 1.10 bits per heavy atom. The SMILES string of the molecule is COc1cc(C(O)c2cnccc2N)cc(OC)c1OC. The Morgan fingerprint density at radius 3 is 2.19 bits per heavy atom. The number of aromatic nitrogens is 1. The van der Waals surface area contributed by atoms with Gasteiger partial charge in [0.2, 0.25) is 5.75 Å². The molecule has 2 rings (SSSR count). The molecule has 1 aromatic carbocycles. The number of nitrogen functional groups attached to an aromatic ring is 1. The second-order valence-corrected chi connectivity index (χ2v) is 4.37. The zero-order valence-corrected chi connectivity index (χ0v) is 12.2. The first-order valence-electron chi connectivity index (χ1n) is 6.29. The van der Waals surface area contributed by atoms with Crippen LogP contribution in [-0.4, -0.2) is 31.4 Å². The van der Waals surface area contributed by atoms with E-state index in [1.807, 2.05) is 0 Å². The lowest BCUT2D eigenvalue weighted by atomic mass is 10.0. The lowest BCUT2D eigenvalue weighted by Crippen LogP contribution is -2.06. The number of benzene rings is 1. The molecule has 1 heterocycles. The van der Waals surface area contributed by atoms with Crippen molar-refractivity contribution in [2.24, 2.45) is 0 Å². The fourth-order valence-electron chi connectivity index (χ4n) is 2.08. The number of hydrogen-bond acceptors (Lipinski definition) is 6. The Hall–Kier alpha value is -2.47. The first kappa shape index (κ1) is 14.9. The van der Waals surface area contributed by atoms with E-state index in [-0.39, 0.29) is 0 Å². The minimum atomic E-state index is -0.938. The molecule has 0 bridgehead atoms. The average Bonchev–Trinajstić information content (AvgIpc) is 2.53. The van der Waals surface area contributed by atoms with Gasteiger partial charge < -0.3 is 25.1 Å². The molecule has 0 saturated heterocycles. The van der Waals surface area contributed by atoms with Crippen molar-refractivity contribution in [1.82, 2.24) is 4.98 Å². The molecule has 0 amide bonds. The van der Waals surface area contributed by atoms with Crippen LogP contribution in [0.15, 0.2) is 30.6 Å². The Morgan fingerprint density at radius 2 is 1.71 bits per heavy atom. The first-order chi connectivity index (χ1) is 10.1. The number of rotatable bonds is 5. The molecular formula is C15H18N2O4. The number of hydrogen-bond donors (Lipinski definition) is 2. The summed E-state index contributed by atoms with van der Waals surface area (Å²) in [6.45, 7) is 0. The van der Waals surface area contributed by atoms with Crippen molar-refractivity contribution < 1.29 is 19.3 Å². The molecule has 3 N–H and O–H groups in total. The van der Waals surface area contributed by atoms with Crippen molar-refractivity contribution in [3.63, 3.8) is 0 Å². The molecule has 6 heteroatoms. The maximum absolute atomic E-state index is 10.5. The Balaban J connectivity index is 2.51. The van der Waals surface area contributed by atoms with Gasteiger partial charge in [0.1, 0.15) is 6.10 Å². The lowest BCUT2D eigenvalue weighted by molar-refractivity contribution is 0.219. The number of nitrogens with zero attached hydrogens (tertiary/aromatic N) is 1. The summed E-state index contributed by atoms with van der Waals surface area (Å²) in [6.07, 6.45) is 2.16. The van der Waals surface area contributed by atoms with E-state index in [1.54, 1.807) is 24.4 Å². The van der Waals surface area contributed by atoms with E-state index in [2.05, 4.69) is 4.98 Å². The van der Waals surface area contributed by atoms with Crippen LogP contribution in [0, 0.1) is 0 Å². The highest BCUT2D eigenvalue weighted by molar-refractivity contribution is 5.57.